The molecule has 0 aliphatic rings. The van der Waals surface area contributed by atoms with E-state index in [0.717, 1.165) is 28.5 Å². The standard InChI is InChI=1S/C12H13N4OP/c1-2-6-5-14-11-12(17)15-8-3-7(13)10(18)4-9(8)16(6)11/h3-5H,2,13,18H2,1H3,(H,15,17). The number of rotatable bonds is 1. The van der Waals surface area contributed by atoms with Crippen LogP contribution in [0.5, 0.6) is 0 Å². The zero-order chi connectivity index (χ0) is 12.9. The fraction of sp³-hybridized carbons (Fsp3) is 0.167. The number of anilines is 1. The molecule has 18 heavy (non-hydrogen) atoms. The summed E-state index contributed by atoms with van der Waals surface area (Å²) in [6.07, 6.45) is 2.55. The van der Waals surface area contributed by atoms with E-state index in [1.165, 1.54) is 0 Å². The highest BCUT2D eigenvalue weighted by Crippen LogP contribution is 2.17. The fourth-order valence-electron chi connectivity index (χ4n) is 2.15. The van der Waals surface area contributed by atoms with Crippen molar-refractivity contribution in [2.24, 2.45) is 0 Å². The van der Waals surface area contributed by atoms with Crippen LogP contribution in [0.1, 0.15) is 12.6 Å². The fourth-order valence-corrected chi connectivity index (χ4v) is 2.39. The van der Waals surface area contributed by atoms with Gasteiger partial charge in [-0.3, -0.25) is 9.20 Å². The maximum absolute atomic E-state index is 11.9. The van der Waals surface area contributed by atoms with Gasteiger partial charge in [-0.05, 0) is 23.9 Å². The van der Waals surface area contributed by atoms with E-state index in [4.69, 9.17) is 5.73 Å². The number of hydrogen-bond donors (Lipinski definition) is 2. The van der Waals surface area contributed by atoms with Crippen LogP contribution in [0.3, 0.4) is 0 Å². The molecule has 1 atom stereocenters. The van der Waals surface area contributed by atoms with Gasteiger partial charge in [0.25, 0.3) is 5.56 Å². The summed E-state index contributed by atoms with van der Waals surface area (Å²) in [6.45, 7) is 2.04. The first-order valence-corrected chi connectivity index (χ1v) is 6.27. The van der Waals surface area contributed by atoms with E-state index in [0.29, 0.717) is 11.3 Å². The van der Waals surface area contributed by atoms with E-state index < -0.39 is 0 Å². The Hall–Kier alpha value is -1.87. The monoisotopic (exact) mass is 260 g/mol. The molecule has 3 rings (SSSR count). The van der Waals surface area contributed by atoms with Crippen LogP contribution in [0.25, 0.3) is 16.7 Å². The molecule has 0 fully saturated rings. The molecule has 0 aliphatic carbocycles. The molecule has 0 radical (unpaired) electrons. The highest BCUT2D eigenvalue weighted by molar-refractivity contribution is 7.28. The maximum atomic E-state index is 11.9. The lowest BCUT2D eigenvalue weighted by molar-refractivity contribution is 1.01. The van der Waals surface area contributed by atoms with Gasteiger partial charge in [-0.1, -0.05) is 6.92 Å². The first-order valence-electron chi connectivity index (χ1n) is 5.69. The molecule has 5 nitrogen and oxygen atoms in total. The number of nitrogen functional groups attached to an aromatic ring is 1. The van der Waals surface area contributed by atoms with E-state index >= 15 is 0 Å². The zero-order valence-electron chi connectivity index (χ0n) is 9.90. The second-order valence-corrected chi connectivity index (χ2v) is 4.84. The molecule has 0 saturated heterocycles. The number of fused-ring (bicyclic) bond motifs is 3. The number of H-pyrrole nitrogens is 1. The number of nitrogens with two attached hydrogens (primary N) is 1. The van der Waals surface area contributed by atoms with Crippen molar-refractivity contribution >= 4 is 36.9 Å². The smallest absolute Gasteiger partial charge is 0.292 e. The molecule has 3 N–H and O–H groups in total. The Morgan fingerprint density at radius 1 is 1.50 bits per heavy atom. The number of aromatic amines is 1. The maximum Gasteiger partial charge on any atom is 0.292 e. The summed E-state index contributed by atoms with van der Waals surface area (Å²) >= 11 is 0. The van der Waals surface area contributed by atoms with Crippen molar-refractivity contribution < 1.29 is 0 Å². The molecule has 0 spiro atoms. The van der Waals surface area contributed by atoms with E-state index in [1.807, 2.05) is 17.4 Å². The highest BCUT2D eigenvalue weighted by atomic mass is 31.0. The Kier molecular flexibility index (Phi) is 2.38. The minimum absolute atomic E-state index is 0.196. The lowest BCUT2D eigenvalue weighted by Crippen LogP contribution is -2.14. The van der Waals surface area contributed by atoms with Crippen molar-refractivity contribution in [1.82, 2.24) is 14.4 Å². The Balaban J connectivity index is 2.61. The molecule has 1 aromatic carbocycles. The van der Waals surface area contributed by atoms with Gasteiger partial charge in [0.05, 0.1) is 11.0 Å². The summed E-state index contributed by atoms with van der Waals surface area (Å²) in [5, 5.41) is 0.909. The van der Waals surface area contributed by atoms with Crippen molar-refractivity contribution in [1.29, 1.82) is 0 Å². The van der Waals surface area contributed by atoms with Gasteiger partial charge in [-0.15, -0.1) is 9.24 Å². The van der Waals surface area contributed by atoms with Gasteiger partial charge in [0, 0.05) is 17.6 Å². The van der Waals surface area contributed by atoms with Crippen molar-refractivity contribution in [3.8, 4) is 0 Å². The molecule has 1 unspecified atom stereocenters. The zero-order valence-corrected chi connectivity index (χ0v) is 11.1. The van der Waals surface area contributed by atoms with E-state index in [2.05, 4.69) is 19.2 Å². The van der Waals surface area contributed by atoms with Crippen molar-refractivity contribution in [3.63, 3.8) is 0 Å². The molecular weight excluding hydrogens is 247 g/mol. The predicted molar refractivity (Wildman–Crippen MR) is 76.5 cm³/mol. The number of nitrogens with zero attached hydrogens (tertiary/aromatic N) is 2. The lowest BCUT2D eigenvalue weighted by atomic mass is 10.2. The van der Waals surface area contributed by atoms with Crippen molar-refractivity contribution in [2.45, 2.75) is 13.3 Å². The molecule has 6 heteroatoms. The Bertz CT molecular complexity index is 818. The SMILES string of the molecule is CCc1cnc2c(=O)[nH]c3cc(N)c(P)cc3n12. The third-order valence-corrected chi connectivity index (χ3v) is 3.59. The first-order chi connectivity index (χ1) is 8.61. The van der Waals surface area contributed by atoms with Crippen LogP contribution in [0.2, 0.25) is 0 Å². The van der Waals surface area contributed by atoms with Gasteiger partial charge in [0.2, 0.25) is 5.65 Å². The summed E-state index contributed by atoms with van der Waals surface area (Å²) in [6, 6.07) is 3.72. The minimum Gasteiger partial charge on any atom is -0.398 e. The number of hydrogen-bond acceptors (Lipinski definition) is 3. The molecule has 92 valence electrons. The summed E-state index contributed by atoms with van der Waals surface area (Å²) in [5.74, 6) is 0. The van der Waals surface area contributed by atoms with Crippen molar-refractivity contribution in [3.05, 3.63) is 34.4 Å². The molecule has 0 bridgehead atoms. The summed E-state index contributed by atoms with van der Waals surface area (Å²) in [4.78, 5) is 18.9. The minimum atomic E-state index is -0.196. The first kappa shape index (κ1) is 11.2. The second kappa shape index (κ2) is 3.82. The highest BCUT2D eigenvalue weighted by Gasteiger charge is 2.10. The van der Waals surface area contributed by atoms with Gasteiger partial charge in [0.1, 0.15) is 0 Å². The topological polar surface area (TPSA) is 76.2 Å². The molecule has 0 amide bonds. The molecule has 2 aromatic heterocycles. The van der Waals surface area contributed by atoms with Gasteiger partial charge in [0.15, 0.2) is 0 Å². The van der Waals surface area contributed by atoms with Crippen LogP contribution in [0.4, 0.5) is 5.69 Å². The average molecular weight is 260 g/mol. The number of imidazole rings is 1. The summed E-state index contributed by atoms with van der Waals surface area (Å²) in [7, 11) is 2.60. The largest absolute Gasteiger partial charge is 0.398 e. The Morgan fingerprint density at radius 3 is 3.00 bits per heavy atom. The number of aryl methyl sites for hydroxylation is 1. The number of aromatic nitrogens is 3. The molecule has 0 saturated carbocycles. The summed E-state index contributed by atoms with van der Waals surface area (Å²) < 4.78 is 1.89. The van der Waals surface area contributed by atoms with Crippen LogP contribution < -0.4 is 16.6 Å². The van der Waals surface area contributed by atoms with Crippen LogP contribution in [-0.4, -0.2) is 14.4 Å². The van der Waals surface area contributed by atoms with Gasteiger partial charge in [-0.2, -0.15) is 0 Å². The Labute approximate surface area is 105 Å². The predicted octanol–water partition coefficient (Wildman–Crippen LogP) is 0.821. The van der Waals surface area contributed by atoms with Gasteiger partial charge < -0.3 is 10.7 Å². The van der Waals surface area contributed by atoms with Gasteiger partial charge >= 0.3 is 0 Å². The molecule has 0 aliphatic heterocycles. The number of benzene rings is 1. The third kappa shape index (κ3) is 1.44. The van der Waals surface area contributed by atoms with Crippen molar-refractivity contribution in [2.75, 3.05) is 5.73 Å². The van der Waals surface area contributed by atoms with Crippen LogP contribution in [0.15, 0.2) is 23.1 Å². The van der Waals surface area contributed by atoms with E-state index in [-0.39, 0.29) is 5.56 Å². The number of nitrogens with one attached hydrogen (secondary N) is 1. The molecular formula is C12H13N4OP. The van der Waals surface area contributed by atoms with Crippen LogP contribution in [0, 0.1) is 0 Å². The Morgan fingerprint density at radius 2 is 2.28 bits per heavy atom. The molecule has 3 aromatic rings. The normalized spacial score (nSPS) is 11.4. The van der Waals surface area contributed by atoms with Crippen LogP contribution in [-0.2, 0) is 6.42 Å². The molecule has 2 heterocycles. The average Bonchev–Trinajstić information content (AvgIpc) is 2.76. The van der Waals surface area contributed by atoms with E-state index in [1.54, 1.807) is 12.3 Å². The third-order valence-electron chi connectivity index (χ3n) is 3.09. The van der Waals surface area contributed by atoms with Crippen LogP contribution >= 0.6 is 9.24 Å². The lowest BCUT2D eigenvalue weighted by Gasteiger charge is -2.07. The van der Waals surface area contributed by atoms with Gasteiger partial charge in [-0.25, -0.2) is 4.98 Å². The quantitative estimate of drug-likeness (QED) is 0.502. The van der Waals surface area contributed by atoms with E-state index in [9.17, 15) is 4.79 Å². The summed E-state index contributed by atoms with van der Waals surface area (Å²) in [5.41, 5.74) is 9.38. The second-order valence-electron chi connectivity index (χ2n) is 4.21.